The first kappa shape index (κ1) is 20.2. The quantitative estimate of drug-likeness (QED) is 0.379. The van der Waals surface area contributed by atoms with Crippen molar-refractivity contribution in [2.45, 2.75) is 39.0 Å². The van der Waals surface area contributed by atoms with Gasteiger partial charge in [0.1, 0.15) is 22.3 Å². The summed E-state index contributed by atoms with van der Waals surface area (Å²) in [7, 11) is 0. The van der Waals surface area contributed by atoms with Gasteiger partial charge in [0.15, 0.2) is 6.23 Å². The van der Waals surface area contributed by atoms with Gasteiger partial charge >= 0.3 is 6.09 Å². The maximum atomic E-state index is 12.5. The molecule has 1 aromatic carbocycles. The monoisotopic (exact) mass is 426 g/mol. The van der Waals surface area contributed by atoms with Crippen molar-refractivity contribution in [3.05, 3.63) is 33.3 Å². The minimum Gasteiger partial charge on any atom is -0.443 e. The Balaban J connectivity index is 1.92. The van der Waals surface area contributed by atoms with Crippen LogP contribution >= 0.6 is 36.5 Å². The molecule has 1 unspecified atom stereocenters. The van der Waals surface area contributed by atoms with Gasteiger partial charge in [-0.2, -0.15) is 5.26 Å². The molecule has 0 bridgehead atoms. The first-order chi connectivity index (χ1) is 12.7. The first-order valence-electron chi connectivity index (χ1n) is 8.21. The molecule has 0 aliphatic carbocycles. The molecule has 2 aliphatic heterocycles. The Morgan fingerprint density at radius 2 is 2.26 bits per heavy atom. The number of amides is 1. The number of anilines is 2. The number of nitrogens with one attached hydrogen (secondary N) is 2. The molecule has 1 atom stereocenters. The van der Waals surface area contributed by atoms with E-state index in [-0.39, 0.29) is 0 Å². The predicted octanol–water partition coefficient (Wildman–Crippen LogP) is 4.22. The smallest absolute Gasteiger partial charge is 0.414 e. The minimum atomic E-state index is -0.611. The third-order valence-electron chi connectivity index (χ3n) is 3.97. The Morgan fingerprint density at radius 3 is 2.89 bits per heavy atom. The molecule has 27 heavy (non-hydrogen) atoms. The van der Waals surface area contributed by atoms with Gasteiger partial charge in [0.25, 0.3) is 0 Å². The van der Waals surface area contributed by atoms with Crippen LogP contribution in [-0.4, -0.2) is 24.5 Å². The van der Waals surface area contributed by atoms with Gasteiger partial charge in [-0.1, -0.05) is 11.6 Å². The summed E-state index contributed by atoms with van der Waals surface area (Å²) in [6.07, 6.45) is -0.386. The Hall–Kier alpha value is -1.57. The summed E-state index contributed by atoms with van der Waals surface area (Å²) in [5, 5.41) is 13.7. The van der Waals surface area contributed by atoms with Gasteiger partial charge < -0.3 is 10.1 Å². The number of nitriles is 1. The first-order valence-corrected chi connectivity index (χ1v) is 9.77. The molecule has 10 heteroatoms. The minimum absolute atomic E-state index is 0.380. The largest absolute Gasteiger partial charge is 0.443 e. The second-order valence-electron chi connectivity index (χ2n) is 6.99. The Labute approximate surface area is 172 Å². The topological polar surface area (TPSA) is 86.6 Å². The Bertz CT molecular complexity index is 848. The standard InChI is InChI=1S/C17H19ClN4O3S2/c1-17(2,3)24-16(23)22-7-6-9-12(22)5-4-11(18)13(9)20-15-10(8-19)14(25-26)21-27-15/h4-5,14,20-21,26H,6-7H2,1-3H3. The van der Waals surface area contributed by atoms with Crippen LogP contribution in [0, 0.1) is 11.3 Å². The summed E-state index contributed by atoms with van der Waals surface area (Å²) in [5.74, 6) is 0. The molecule has 0 saturated carbocycles. The fraction of sp³-hybridized carbons (Fsp3) is 0.412. The molecule has 2 heterocycles. The average Bonchev–Trinajstić information content (AvgIpc) is 3.19. The number of hydrogen-bond acceptors (Lipinski definition) is 8. The van der Waals surface area contributed by atoms with E-state index in [4.69, 9.17) is 20.5 Å². The van der Waals surface area contributed by atoms with Crippen LogP contribution in [0.4, 0.5) is 16.2 Å². The third-order valence-corrected chi connectivity index (χ3v) is 5.35. The van der Waals surface area contributed by atoms with Crippen molar-refractivity contribution < 1.29 is 13.7 Å². The molecule has 2 N–H and O–H groups in total. The van der Waals surface area contributed by atoms with E-state index >= 15 is 0 Å². The molecule has 1 aromatic rings. The van der Waals surface area contributed by atoms with Crippen LogP contribution < -0.4 is 14.9 Å². The molecular weight excluding hydrogens is 408 g/mol. The normalized spacial score (nSPS) is 19.1. The summed E-state index contributed by atoms with van der Waals surface area (Å²) in [6, 6.07) is 5.63. The second kappa shape index (κ2) is 7.81. The summed E-state index contributed by atoms with van der Waals surface area (Å²) < 4.78 is 13.4. The van der Waals surface area contributed by atoms with E-state index in [0.717, 1.165) is 11.3 Å². The van der Waals surface area contributed by atoms with Crippen molar-refractivity contribution in [1.82, 2.24) is 4.72 Å². The van der Waals surface area contributed by atoms with E-state index in [1.807, 2.05) is 20.8 Å². The zero-order chi connectivity index (χ0) is 19.8. The van der Waals surface area contributed by atoms with Gasteiger partial charge in [0.05, 0.1) is 16.4 Å². The van der Waals surface area contributed by atoms with Crippen LogP contribution in [0.15, 0.2) is 22.7 Å². The van der Waals surface area contributed by atoms with E-state index in [9.17, 15) is 10.1 Å². The highest BCUT2D eigenvalue weighted by atomic mass is 35.5. The lowest BCUT2D eigenvalue weighted by Crippen LogP contribution is -2.35. The maximum Gasteiger partial charge on any atom is 0.414 e. The molecular formula is C17H19ClN4O3S2. The second-order valence-corrected chi connectivity index (χ2v) is 8.45. The van der Waals surface area contributed by atoms with Crippen LogP contribution in [0.5, 0.6) is 0 Å². The van der Waals surface area contributed by atoms with Crippen LogP contribution in [0.1, 0.15) is 26.3 Å². The van der Waals surface area contributed by atoms with E-state index in [1.54, 1.807) is 17.0 Å². The molecule has 0 radical (unpaired) electrons. The molecule has 0 aromatic heterocycles. The maximum absolute atomic E-state index is 12.5. The van der Waals surface area contributed by atoms with Gasteiger partial charge in [-0.05, 0) is 64.2 Å². The van der Waals surface area contributed by atoms with Gasteiger partial charge in [0, 0.05) is 12.1 Å². The highest BCUT2D eigenvalue weighted by Crippen LogP contribution is 2.41. The van der Waals surface area contributed by atoms with Crippen LogP contribution in [0.3, 0.4) is 0 Å². The number of carbonyl (C=O) groups excluding carboxylic acids is 1. The number of halogens is 1. The average molecular weight is 427 g/mol. The molecule has 0 spiro atoms. The molecule has 2 aliphatic rings. The molecule has 0 saturated heterocycles. The van der Waals surface area contributed by atoms with Crippen molar-refractivity contribution in [2.24, 2.45) is 0 Å². The molecule has 7 nitrogen and oxygen atoms in total. The van der Waals surface area contributed by atoms with Crippen molar-refractivity contribution in [1.29, 1.82) is 5.26 Å². The zero-order valence-corrected chi connectivity index (χ0v) is 17.5. The fourth-order valence-electron chi connectivity index (χ4n) is 2.84. The van der Waals surface area contributed by atoms with E-state index in [1.165, 1.54) is 11.9 Å². The number of hydrogen-bond donors (Lipinski definition) is 3. The molecule has 144 valence electrons. The van der Waals surface area contributed by atoms with E-state index < -0.39 is 17.9 Å². The summed E-state index contributed by atoms with van der Waals surface area (Å²) >= 11 is 11.4. The molecule has 1 amide bonds. The van der Waals surface area contributed by atoms with Crippen molar-refractivity contribution in [2.75, 3.05) is 16.8 Å². The van der Waals surface area contributed by atoms with Crippen molar-refractivity contribution >= 4 is 53.9 Å². The van der Waals surface area contributed by atoms with Crippen molar-refractivity contribution in [3.63, 3.8) is 0 Å². The lowest BCUT2D eigenvalue weighted by molar-refractivity contribution is 0.0584. The van der Waals surface area contributed by atoms with Gasteiger partial charge in [-0.25, -0.2) is 9.52 Å². The lowest BCUT2D eigenvalue weighted by Gasteiger charge is -2.25. The number of benzene rings is 1. The van der Waals surface area contributed by atoms with E-state index in [0.29, 0.717) is 34.3 Å². The Morgan fingerprint density at radius 1 is 1.52 bits per heavy atom. The van der Waals surface area contributed by atoms with Gasteiger partial charge in [-0.3, -0.25) is 9.08 Å². The number of thiol groups is 1. The highest BCUT2D eigenvalue weighted by Gasteiger charge is 2.33. The molecule has 3 rings (SSSR count). The number of fused-ring (bicyclic) bond motifs is 1. The predicted molar refractivity (Wildman–Crippen MR) is 110 cm³/mol. The van der Waals surface area contributed by atoms with Gasteiger partial charge in [0.2, 0.25) is 0 Å². The van der Waals surface area contributed by atoms with Crippen LogP contribution in [0.2, 0.25) is 5.02 Å². The van der Waals surface area contributed by atoms with Crippen LogP contribution in [0.25, 0.3) is 0 Å². The number of ether oxygens (including phenoxy) is 1. The highest BCUT2D eigenvalue weighted by molar-refractivity contribution is 8.01. The lowest BCUT2D eigenvalue weighted by atomic mass is 10.1. The number of nitrogens with zero attached hydrogens (tertiary/aromatic N) is 2. The SMILES string of the molecule is CC(C)(C)OC(=O)N1CCc2c1ccc(Cl)c2NC1=C(C#N)C(OS)NS1. The van der Waals surface area contributed by atoms with Crippen molar-refractivity contribution in [3.8, 4) is 6.07 Å². The summed E-state index contributed by atoms with van der Waals surface area (Å²) in [4.78, 5) is 14.1. The molecule has 0 fully saturated rings. The fourth-order valence-corrected chi connectivity index (χ4v) is 4.10. The third kappa shape index (κ3) is 4.15. The van der Waals surface area contributed by atoms with Crippen LogP contribution in [-0.2, 0) is 15.3 Å². The van der Waals surface area contributed by atoms with Gasteiger partial charge in [-0.15, -0.1) is 0 Å². The summed E-state index contributed by atoms with van der Waals surface area (Å²) in [5.41, 5.74) is 2.11. The Kier molecular flexibility index (Phi) is 5.84. The summed E-state index contributed by atoms with van der Waals surface area (Å²) in [6.45, 7) is 5.99. The number of rotatable bonds is 3. The number of carbonyl (C=O) groups is 1. The van der Waals surface area contributed by atoms with E-state index in [2.05, 4.69) is 29.0 Å². The zero-order valence-electron chi connectivity index (χ0n) is 15.0.